The van der Waals surface area contributed by atoms with Crippen LogP contribution in [0, 0.1) is 17.8 Å². The van der Waals surface area contributed by atoms with Crippen molar-refractivity contribution in [1.29, 1.82) is 0 Å². The lowest BCUT2D eigenvalue weighted by Gasteiger charge is -2.26. The van der Waals surface area contributed by atoms with Gasteiger partial charge in [0.1, 0.15) is 0 Å². The van der Waals surface area contributed by atoms with Gasteiger partial charge in [0.05, 0.1) is 6.42 Å². The minimum atomic E-state index is 0.212. The summed E-state index contributed by atoms with van der Waals surface area (Å²) in [7, 11) is 1.88. The highest BCUT2D eigenvalue weighted by Crippen LogP contribution is 2.57. The van der Waals surface area contributed by atoms with Crippen molar-refractivity contribution in [3.63, 3.8) is 0 Å². The van der Waals surface area contributed by atoms with Crippen LogP contribution < -0.4 is 10.2 Å². The maximum Gasteiger partial charge on any atom is 0.231 e. The Hall–Kier alpha value is -1.35. The molecule has 0 bridgehead atoms. The third-order valence-corrected chi connectivity index (χ3v) is 5.72. The number of fused-ring (bicyclic) bond motifs is 2. The smallest absolute Gasteiger partial charge is 0.231 e. The first-order valence-electron chi connectivity index (χ1n) is 8.30. The lowest BCUT2D eigenvalue weighted by molar-refractivity contribution is -0.117. The first kappa shape index (κ1) is 13.3. The normalized spacial score (nSPS) is 31.2. The molecule has 0 spiro atoms. The fraction of sp³-hybridized carbons (Fsp3) is 0.611. The van der Waals surface area contributed by atoms with E-state index in [4.69, 9.17) is 0 Å². The van der Waals surface area contributed by atoms with Gasteiger partial charge < -0.3 is 10.2 Å². The summed E-state index contributed by atoms with van der Waals surface area (Å²) >= 11 is 0. The molecule has 21 heavy (non-hydrogen) atoms. The molecule has 2 fully saturated rings. The van der Waals surface area contributed by atoms with E-state index in [-0.39, 0.29) is 5.91 Å². The molecule has 1 aliphatic heterocycles. The summed E-state index contributed by atoms with van der Waals surface area (Å²) in [5.74, 6) is 3.02. The molecule has 0 radical (unpaired) electrons. The van der Waals surface area contributed by atoms with E-state index in [2.05, 4.69) is 30.4 Å². The maximum absolute atomic E-state index is 11.9. The number of likely N-dealkylation sites (N-methyl/N-ethyl adjacent to an activating group) is 1. The third kappa shape index (κ3) is 2.18. The molecule has 1 N–H and O–H groups in total. The van der Waals surface area contributed by atoms with Crippen molar-refractivity contribution in [1.82, 2.24) is 5.32 Å². The van der Waals surface area contributed by atoms with Gasteiger partial charge in [-0.1, -0.05) is 19.1 Å². The Kier molecular flexibility index (Phi) is 3.07. The standard InChI is InChI=1S/C18H24N2O/c1-3-19-18(15-8-12-7-13(12)9-15)11-4-5-16-14(6-11)10-17(21)20(16)2/h4-6,12-13,15,18-19H,3,7-10H2,1-2H3. The minimum absolute atomic E-state index is 0.212. The molecule has 0 saturated heterocycles. The van der Waals surface area contributed by atoms with Crippen LogP contribution in [-0.4, -0.2) is 19.5 Å². The monoisotopic (exact) mass is 284 g/mol. The number of hydrogen-bond donors (Lipinski definition) is 1. The van der Waals surface area contributed by atoms with Crippen molar-refractivity contribution in [2.24, 2.45) is 17.8 Å². The van der Waals surface area contributed by atoms with Crippen molar-refractivity contribution in [3.05, 3.63) is 29.3 Å². The molecule has 3 heteroatoms. The molecule has 112 valence electrons. The second-order valence-corrected chi connectivity index (χ2v) is 7.04. The molecule has 1 heterocycles. The number of carbonyl (C=O) groups excluding carboxylic acids is 1. The third-order valence-electron chi connectivity index (χ3n) is 5.72. The second-order valence-electron chi connectivity index (χ2n) is 7.04. The summed E-state index contributed by atoms with van der Waals surface area (Å²) < 4.78 is 0. The molecule has 2 aliphatic carbocycles. The summed E-state index contributed by atoms with van der Waals surface area (Å²) in [6.07, 6.45) is 4.81. The van der Waals surface area contributed by atoms with Crippen LogP contribution in [0.1, 0.15) is 43.4 Å². The van der Waals surface area contributed by atoms with Gasteiger partial charge in [-0.25, -0.2) is 0 Å². The quantitative estimate of drug-likeness (QED) is 0.922. The van der Waals surface area contributed by atoms with E-state index in [1.807, 2.05) is 7.05 Å². The van der Waals surface area contributed by atoms with Crippen molar-refractivity contribution >= 4 is 11.6 Å². The Morgan fingerprint density at radius 3 is 2.76 bits per heavy atom. The van der Waals surface area contributed by atoms with Crippen molar-refractivity contribution in [2.75, 3.05) is 18.5 Å². The number of amides is 1. The first-order chi connectivity index (χ1) is 10.2. The Morgan fingerprint density at radius 1 is 1.29 bits per heavy atom. The fourth-order valence-electron chi connectivity index (χ4n) is 4.49. The Labute approximate surface area is 126 Å². The summed E-state index contributed by atoms with van der Waals surface area (Å²) in [4.78, 5) is 13.6. The minimum Gasteiger partial charge on any atom is -0.315 e. The number of rotatable bonds is 4. The van der Waals surface area contributed by atoms with Crippen molar-refractivity contribution in [3.8, 4) is 0 Å². The largest absolute Gasteiger partial charge is 0.315 e. The number of nitrogens with one attached hydrogen (secondary N) is 1. The average Bonchev–Trinajstić information content (AvgIpc) is 2.98. The molecule has 4 rings (SSSR count). The number of hydrogen-bond acceptors (Lipinski definition) is 2. The van der Waals surface area contributed by atoms with Gasteiger partial charge in [0, 0.05) is 18.8 Å². The zero-order valence-electron chi connectivity index (χ0n) is 12.9. The molecule has 3 unspecified atom stereocenters. The number of carbonyl (C=O) groups is 1. The predicted molar refractivity (Wildman–Crippen MR) is 84.3 cm³/mol. The van der Waals surface area contributed by atoms with Gasteiger partial charge in [-0.15, -0.1) is 0 Å². The molecule has 3 nitrogen and oxygen atoms in total. The lowest BCUT2D eigenvalue weighted by atomic mass is 9.88. The van der Waals surface area contributed by atoms with Gasteiger partial charge in [0.15, 0.2) is 0 Å². The predicted octanol–water partition coefficient (Wildman–Crippen LogP) is 2.90. The van der Waals surface area contributed by atoms with E-state index in [1.54, 1.807) is 4.90 Å². The Balaban J connectivity index is 1.61. The van der Waals surface area contributed by atoms with E-state index in [1.165, 1.54) is 30.4 Å². The van der Waals surface area contributed by atoms with Crippen LogP contribution >= 0.6 is 0 Å². The summed E-state index contributed by atoms with van der Waals surface area (Å²) in [6, 6.07) is 7.10. The van der Waals surface area contributed by atoms with E-state index in [0.717, 1.165) is 30.0 Å². The van der Waals surface area contributed by atoms with Crippen LogP contribution in [-0.2, 0) is 11.2 Å². The average molecular weight is 284 g/mol. The fourth-order valence-corrected chi connectivity index (χ4v) is 4.49. The highest BCUT2D eigenvalue weighted by Gasteiger charge is 2.48. The highest BCUT2D eigenvalue weighted by atomic mass is 16.2. The van der Waals surface area contributed by atoms with Crippen molar-refractivity contribution < 1.29 is 4.79 Å². The molecular weight excluding hydrogens is 260 g/mol. The molecule has 1 amide bonds. The van der Waals surface area contributed by atoms with Gasteiger partial charge in [-0.05, 0) is 60.8 Å². The molecule has 0 aromatic heterocycles. The molecule has 3 atom stereocenters. The van der Waals surface area contributed by atoms with Gasteiger partial charge in [0.25, 0.3) is 0 Å². The number of anilines is 1. The maximum atomic E-state index is 11.9. The van der Waals surface area contributed by atoms with Gasteiger partial charge in [-0.3, -0.25) is 4.79 Å². The summed E-state index contributed by atoms with van der Waals surface area (Å²) in [6.45, 7) is 3.19. The molecule has 3 aliphatic rings. The van der Waals surface area contributed by atoms with E-state index in [9.17, 15) is 4.79 Å². The van der Waals surface area contributed by atoms with E-state index >= 15 is 0 Å². The van der Waals surface area contributed by atoms with Crippen LogP contribution in [0.4, 0.5) is 5.69 Å². The van der Waals surface area contributed by atoms with Crippen LogP contribution in [0.25, 0.3) is 0 Å². The molecule has 1 aromatic rings. The molecule has 2 saturated carbocycles. The van der Waals surface area contributed by atoms with Crippen LogP contribution in [0.15, 0.2) is 18.2 Å². The second kappa shape index (κ2) is 4.84. The first-order valence-corrected chi connectivity index (χ1v) is 8.30. The molecular formula is C18H24N2O. The summed E-state index contributed by atoms with van der Waals surface area (Å²) in [5.41, 5.74) is 3.67. The van der Waals surface area contributed by atoms with Crippen LogP contribution in [0.2, 0.25) is 0 Å². The summed E-state index contributed by atoms with van der Waals surface area (Å²) in [5, 5.41) is 3.70. The zero-order chi connectivity index (χ0) is 14.6. The van der Waals surface area contributed by atoms with Gasteiger partial charge >= 0.3 is 0 Å². The highest BCUT2D eigenvalue weighted by molar-refractivity contribution is 6.00. The lowest BCUT2D eigenvalue weighted by Crippen LogP contribution is -2.27. The molecule has 1 aromatic carbocycles. The topological polar surface area (TPSA) is 32.3 Å². The van der Waals surface area contributed by atoms with Crippen LogP contribution in [0.3, 0.4) is 0 Å². The van der Waals surface area contributed by atoms with Crippen molar-refractivity contribution in [2.45, 2.75) is 38.6 Å². The Bertz CT molecular complexity index is 573. The van der Waals surface area contributed by atoms with E-state index in [0.29, 0.717) is 12.5 Å². The van der Waals surface area contributed by atoms with Gasteiger partial charge in [0.2, 0.25) is 5.91 Å². The Morgan fingerprint density at radius 2 is 2.05 bits per heavy atom. The van der Waals surface area contributed by atoms with E-state index < -0.39 is 0 Å². The van der Waals surface area contributed by atoms with Crippen LogP contribution in [0.5, 0.6) is 0 Å². The SMILES string of the molecule is CCNC(c1ccc2c(c1)CC(=O)N2C)C1CC2CC2C1. The number of benzene rings is 1. The van der Waals surface area contributed by atoms with Gasteiger partial charge in [-0.2, -0.15) is 0 Å². The number of nitrogens with zero attached hydrogens (tertiary/aromatic N) is 1. The zero-order valence-corrected chi connectivity index (χ0v) is 12.9.